The normalized spacial score (nSPS) is 12.5. The molecule has 3 rings (SSSR count). The zero-order valence-electron chi connectivity index (χ0n) is 16.4. The lowest BCUT2D eigenvalue weighted by molar-refractivity contribution is 0.104. The largest absolute Gasteiger partial charge is 0.593 e. The van der Waals surface area contributed by atoms with Crippen molar-refractivity contribution in [3.8, 4) is 0 Å². The molecule has 3 aromatic rings. The lowest BCUT2D eigenvalue weighted by Gasteiger charge is -2.12. The first-order chi connectivity index (χ1) is 13.5. The smallest absolute Gasteiger partial charge is 0.231 e. The number of carbonyl (C=O) groups excluding carboxylic acids is 1. The van der Waals surface area contributed by atoms with Crippen LogP contribution < -0.4 is 0 Å². The third kappa shape index (κ3) is 4.81. The fraction of sp³-hybridized carbons (Fsp3) is 0.208. The molecule has 2 atom stereocenters. The number of carbonyl (C=O) groups is 1. The summed E-state index contributed by atoms with van der Waals surface area (Å²) < 4.78 is 18.7. The second kappa shape index (κ2) is 9.05. The van der Waals surface area contributed by atoms with Crippen LogP contribution in [0.3, 0.4) is 0 Å². The summed E-state index contributed by atoms with van der Waals surface area (Å²) in [4.78, 5) is 12.9. The summed E-state index contributed by atoms with van der Waals surface area (Å²) in [5.74, 6) is 0. The number of aryl methyl sites for hydroxylation is 3. The lowest BCUT2D eigenvalue weighted by Crippen LogP contribution is -2.08. The average Bonchev–Trinajstić information content (AvgIpc) is 2.68. The Balaban J connectivity index is 1.86. The lowest BCUT2D eigenvalue weighted by atomic mass is 10.0. The van der Waals surface area contributed by atoms with Gasteiger partial charge in [0.2, 0.25) is 0 Å². The fourth-order valence-electron chi connectivity index (χ4n) is 3.48. The Morgan fingerprint density at radius 1 is 0.893 bits per heavy atom. The van der Waals surface area contributed by atoms with Crippen LogP contribution >= 0.6 is 8.03 Å². The number of rotatable bonds is 7. The van der Waals surface area contributed by atoms with E-state index in [0.717, 1.165) is 27.8 Å². The van der Waals surface area contributed by atoms with Crippen LogP contribution in [0.25, 0.3) is 0 Å². The van der Waals surface area contributed by atoms with Gasteiger partial charge in [-0.1, -0.05) is 78.4 Å². The van der Waals surface area contributed by atoms with E-state index in [2.05, 4.69) is 0 Å². The molecule has 0 spiro atoms. The second-order valence-electron chi connectivity index (χ2n) is 7.03. The van der Waals surface area contributed by atoms with Crippen LogP contribution in [0.15, 0.2) is 72.8 Å². The second-order valence-corrected chi connectivity index (χ2v) is 8.16. The topological polar surface area (TPSA) is 43.4 Å². The summed E-state index contributed by atoms with van der Waals surface area (Å²) in [5.41, 5.74) is 4.75. The molecule has 0 amide bonds. The molecule has 0 aliphatic rings. The summed E-state index contributed by atoms with van der Waals surface area (Å²) in [6.45, 7) is 5.72. The van der Waals surface area contributed by atoms with Crippen molar-refractivity contribution in [3.05, 3.63) is 106 Å². The minimum absolute atomic E-state index is 0.445. The van der Waals surface area contributed by atoms with Gasteiger partial charge in [-0.2, -0.15) is 0 Å². The highest BCUT2D eigenvalue weighted by Gasteiger charge is 2.38. The Morgan fingerprint density at radius 2 is 1.43 bits per heavy atom. The van der Waals surface area contributed by atoms with Crippen LogP contribution in [-0.2, 0) is 15.5 Å². The molecular weight excluding hydrogens is 367 g/mol. The van der Waals surface area contributed by atoms with Gasteiger partial charge in [0.15, 0.2) is 0 Å². The van der Waals surface area contributed by atoms with Gasteiger partial charge in [0.05, 0.1) is 5.56 Å². The predicted molar refractivity (Wildman–Crippen MR) is 113 cm³/mol. The average molecular weight is 391 g/mol. The molecular formula is C24H24O3P+. The molecule has 0 N–H and O–H groups in total. The number of hydrogen-bond acceptors (Lipinski definition) is 3. The maximum atomic E-state index is 12.9. The Kier molecular flexibility index (Phi) is 6.51. The molecule has 0 aliphatic carbocycles. The first-order valence-electron chi connectivity index (χ1n) is 9.31. The molecule has 0 saturated carbocycles. The molecule has 142 valence electrons. The predicted octanol–water partition coefficient (Wildman–Crippen LogP) is 6.50. The van der Waals surface area contributed by atoms with Gasteiger partial charge in [-0.15, -0.1) is 4.52 Å². The quantitative estimate of drug-likeness (QED) is 0.432. The minimum atomic E-state index is -2.51. The first-order valence-corrected chi connectivity index (χ1v) is 10.5. The van der Waals surface area contributed by atoms with Crippen molar-refractivity contribution in [1.82, 2.24) is 0 Å². The highest BCUT2D eigenvalue weighted by Crippen LogP contribution is 2.38. The number of hydrogen-bond donors (Lipinski definition) is 0. The van der Waals surface area contributed by atoms with E-state index in [9.17, 15) is 9.36 Å². The zero-order chi connectivity index (χ0) is 20.1. The molecule has 28 heavy (non-hydrogen) atoms. The van der Waals surface area contributed by atoms with Crippen LogP contribution in [0.5, 0.6) is 0 Å². The van der Waals surface area contributed by atoms with Crippen molar-refractivity contribution in [3.63, 3.8) is 0 Å². The third-order valence-electron chi connectivity index (χ3n) is 4.71. The van der Waals surface area contributed by atoms with Gasteiger partial charge < -0.3 is 0 Å². The Morgan fingerprint density at radius 3 is 2.00 bits per heavy atom. The highest BCUT2D eigenvalue weighted by molar-refractivity contribution is 7.60. The van der Waals surface area contributed by atoms with Crippen LogP contribution in [0.4, 0.5) is 0 Å². The van der Waals surface area contributed by atoms with Crippen LogP contribution in [-0.4, -0.2) is 5.52 Å². The van der Waals surface area contributed by atoms with E-state index in [1.165, 1.54) is 0 Å². The Bertz CT molecular complexity index is 958. The van der Waals surface area contributed by atoms with Gasteiger partial charge in [0.1, 0.15) is 6.10 Å². The van der Waals surface area contributed by atoms with Gasteiger partial charge in [0.25, 0.3) is 0 Å². The molecule has 0 fully saturated rings. The Labute approximate surface area is 167 Å². The molecule has 0 saturated heterocycles. The molecule has 3 aromatic carbocycles. The molecule has 0 heterocycles. The van der Waals surface area contributed by atoms with Gasteiger partial charge in [0, 0.05) is 6.42 Å². The standard InChI is InChI=1S/C24H24O3P/c1-17-14-18(2)23(19(3)15-17)24(25)28(26)27-22(21-12-8-5-9-13-21)16-20-10-6-4-7-11-20/h4-15,22H,16H2,1-3H3/q+1. The third-order valence-corrected chi connectivity index (χ3v) is 5.72. The maximum absolute atomic E-state index is 12.9. The molecule has 2 unspecified atom stereocenters. The first kappa shape index (κ1) is 20.1. The van der Waals surface area contributed by atoms with Crippen molar-refractivity contribution in [1.29, 1.82) is 0 Å². The van der Waals surface area contributed by atoms with Crippen molar-refractivity contribution in [2.24, 2.45) is 0 Å². The van der Waals surface area contributed by atoms with Crippen LogP contribution in [0, 0.1) is 20.8 Å². The molecule has 3 nitrogen and oxygen atoms in total. The van der Waals surface area contributed by atoms with E-state index >= 15 is 0 Å². The summed E-state index contributed by atoms with van der Waals surface area (Å²) >= 11 is 0. The highest BCUT2D eigenvalue weighted by atomic mass is 31.1. The van der Waals surface area contributed by atoms with E-state index in [-0.39, 0.29) is 0 Å². The minimum Gasteiger partial charge on any atom is -0.231 e. The molecule has 4 heteroatoms. The van der Waals surface area contributed by atoms with Gasteiger partial charge in [-0.3, -0.25) is 0 Å². The van der Waals surface area contributed by atoms with Gasteiger partial charge in [-0.05, 0) is 47.6 Å². The molecule has 0 radical (unpaired) electrons. The Hall–Kier alpha value is -2.61. The summed E-state index contributed by atoms with van der Waals surface area (Å²) in [7, 11) is -2.51. The summed E-state index contributed by atoms with van der Waals surface area (Å²) in [5, 5.41) is 0. The van der Waals surface area contributed by atoms with Crippen molar-refractivity contribution >= 4 is 13.6 Å². The fourth-order valence-corrected chi connectivity index (χ4v) is 4.54. The van der Waals surface area contributed by atoms with Crippen molar-refractivity contribution in [2.45, 2.75) is 33.3 Å². The van der Waals surface area contributed by atoms with E-state index < -0.39 is 19.7 Å². The van der Waals surface area contributed by atoms with Crippen LogP contribution in [0.2, 0.25) is 0 Å². The summed E-state index contributed by atoms with van der Waals surface area (Å²) in [6, 6.07) is 23.4. The van der Waals surface area contributed by atoms with E-state index in [1.54, 1.807) is 0 Å². The van der Waals surface area contributed by atoms with Crippen LogP contribution in [0.1, 0.15) is 44.3 Å². The van der Waals surface area contributed by atoms with E-state index in [1.807, 2.05) is 93.6 Å². The van der Waals surface area contributed by atoms with Gasteiger partial charge in [-0.25, -0.2) is 4.79 Å². The molecule has 0 aliphatic heterocycles. The summed E-state index contributed by atoms with van der Waals surface area (Å²) in [6.07, 6.45) is 0.0904. The zero-order valence-corrected chi connectivity index (χ0v) is 17.3. The maximum Gasteiger partial charge on any atom is 0.593 e. The monoisotopic (exact) mass is 391 g/mol. The number of benzene rings is 3. The SMILES string of the molecule is Cc1cc(C)c(C(=O)[P+](=O)OC(Cc2ccccc2)c2ccccc2)c(C)c1. The molecule has 0 aromatic heterocycles. The van der Waals surface area contributed by atoms with Gasteiger partial charge >= 0.3 is 13.6 Å². The van der Waals surface area contributed by atoms with Crippen molar-refractivity contribution in [2.75, 3.05) is 0 Å². The molecule has 0 bridgehead atoms. The van der Waals surface area contributed by atoms with E-state index in [0.29, 0.717) is 12.0 Å². The van der Waals surface area contributed by atoms with E-state index in [4.69, 9.17) is 4.52 Å². The van der Waals surface area contributed by atoms with Crippen molar-refractivity contribution < 1.29 is 13.9 Å².